The Morgan fingerprint density at radius 2 is 1.84 bits per heavy atom. The second-order valence-electron chi connectivity index (χ2n) is 8.31. The van der Waals surface area contributed by atoms with Gasteiger partial charge in [-0.3, -0.25) is 9.59 Å². The molecule has 0 saturated heterocycles. The van der Waals surface area contributed by atoms with Gasteiger partial charge in [-0.1, -0.05) is 38.1 Å². The number of rotatable bonds is 8. The van der Waals surface area contributed by atoms with Crippen LogP contribution in [0.2, 0.25) is 0 Å². The number of hydrogen-bond donors (Lipinski definition) is 0. The normalized spacial score (nSPS) is 13.1. The fourth-order valence-electron chi connectivity index (χ4n) is 4.30. The maximum atomic E-state index is 13.0. The van der Waals surface area contributed by atoms with E-state index < -0.39 is 0 Å². The fourth-order valence-corrected chi connectivity index (χ4v) is 4.30. The van der Waals surface area contributed by atoms with Gasteiger partial charge in [-0.05, 0) is 48.2 Å². The molecular formula is C26H31N3O3. The summed E-state index contributed by atoms with van der Waals surface area (Å²) in [6.45, 7) is 7.14. The molecule has 0 saturated carbocycles. The molecule has 1 aromatic carbocycles. The van der Waals surface area contributed by atoms with E-state index in [0.29, 0.717) is 38.4 Å². The Morgan fingerprint density at radius 3 is 2.62 bits per heavy atom. The molecule has 0 spiro atoms. The molecule has 0 unspecified atom stereocenters. The molecule has 6 nitrogen and oxygen atoms in total. The molecule has 0 fully saturated rings. The smallest absolute Gasteiger partial charge is 0.289 e. The molecule has 0 N–H and O–H groups in total. The van der Waals surface area contributed by atoms with Crippen molar-refractivity contribution in [1.82, 2.24) is 14.4 Å². The zero-order valence-electron chi connectivity index (χ0n) is 18.9. The molecule has 6 heteroatoms. The number of hydrogen-bond acceptors (Lipinski definition) is 3. The number of benzene rings is 1. The summed E-state index contributed by atoms with van der Waals surface area (Å²) in [6, 6.07) is 15.9. The SMILES string of the molecule is CCCN(Cc1cccn1Cc1ccc(C(=O)N2CCc3ccccc3C2)o1)C(=O)CC. The number of amides is 2. The maximum absolute atomic E-state index is 13.0. The summed E-state index contributed by atoms with van der Waals surface area (Å²) >= 11 is 0. The average Bonchev–Trinajstić information content (AvgIpc) is 3.47. The van der Waals surface area contributed by atoms with E-state index in [9.17, 15) is 9.59 Å². The summed E-state index contributed by atoms with van der Waals surface area (Å²) in [5.74, 6) is 1.20. The van der Waals surface area contributed by atoms with Gasteiger partial charge in [-0.2, -0.15) is 0 Å². The lowest BCUT2D eigenvalue weighted by Crippen LogP contribution is -2.35. The Labute approximate surface area is 189 Å². The standard InChI is InChI=1S/C26H31N3O3/c1-3-14-28(25(30)4-2)18-22-10-7-15-27(22)19-23-11-12-24(32-23)26(31)29-16-13-20-8-5-6-9-21(20)17-29/h5-12,15H,3-4,13-14,16-19H2,1-2H3. The van der Waals surface area contributed by atoms with Gasteiger partial charge in [0.25, 0.3) is 5.91 Å². The molecule has 3 aromatic rings. The van der Waals surface area contributed by atoms with Gasteiger partial charge in [0.1, 0.15) is 5.76 Å². The van der Waals surface area contributed by atoms with E-state index in [1.807, 2.05) is 53.3 Å². The Bertz CT molecular complexity index is 1080. The second kappa shape index (κ2) is 9.90. The first-order valence-electron chi connectivity index (χ1n) is 11.5. The van der Waals surface area contributed by atoms with Crippen LogP contribution in [0.3, 0.4) is 0 Å². The van der Waals surface area contributed by atoms with E-state index >= 15 is 0 Å². The molecule has 1 aliphatic rings. The summed E-state index contributed by atoms with van der Waals surface area (Å²) in [5, 5.41) is 0. The van der Waals surface area contributed by atoms with Crippen molar-refractivity contribution in [1.29, 1.82) is 0 Å². The first-order valence-corrected chi connectivity index (χ1v) is 11.5. The maximum Gasteiger partial charge on any atom is 0.289 e. The highest BCUT2D eigenvalue weighted by Crippen LogP contribution is 2.21. The van der Waals surface area contributed by atoms with Gasteiger partial charge >= 0.3 is 0 Å². The number of fused-ring (bicyclic) bond motifs is 1. The Kier molecular flexibility index (Phi) is 6.78. The van der Waals surface area contributed by atoms with Gasteiger partial charge in [0.15, 0.2) is 5.76 Å². The van der Waals surface area contributed by atoms with E-state index in [-0.39, 0.29) is 11.8 Å². The van der Waals surface area contributed by atoms with Crippen molar-refractivity contribution in [3.63, 3.8) is 0 Å². The third-order valence-electron chi connectivity index (χ3n) is 6.04. The Hall–Kier alpha value is -3.28. The van der Waals surface area contributed by atoms with Crippen LogP contribution >= 0.6 is 0 Å². The topological polar surface area (TPSA) is 58.7 Å². The quantitative estimate of drug-likeness (QED) is 0.526. The monoisotopic (exact) mass is 433 g/mol. The molecule has 168 valence electrons. The van der Waals surface area contributed by atoms with Crippen molar-refractivity contribution in [2.45, 2.75) is 52.7 Å². The minimum absolute atomic E-state index is 0.0684. The van der Waals surface area contributed by atoms with Gasteiger partial charge < -0.3 is 18.8 Å². The third-order valence-corrected chi connectivity index (χ3v) is 6.04. The van der Waals surface area contributed by atoms with Crippen molar-refractivity contribution in [2.75, 3.05) is 13.1 Å². The number of aromatic nitrogens is 1. The van der Waals surface area contributed by atoms with Crippen LogP contribution in [-0.2, 0) is 30.8 Å². The largest absolute Gasteiger partial charge is 0.454 e. The van der Waals surface area contributed by atoms with Crippen LogP contribution in [0.25, 0.3) is 0 Å². The van der Waals surface area contributed by atoms with Crippen LogP contribution in [0.4, 0.5) is 0 Å². The molecular weight excluding hydrogens is 402 g/mol. The highest BCUT2D eigenvalue weighted by Gasteiger charge is 2.24. The average molecular weight is 434 g/mol. The lowest BCUT2D eigenvalue weighted by atomic mass is 10.00. The number of carbonyl (C=O) groups excluding carboxylic acids is 2. The van der Waals surface area contributed by atoms with Crippen molar-refractivity contribution in [3.05, 3.63) is 83.1 Å². The van der Waals surface area contributed by atoms with Crippen molar-refractivity contribution >= 4 is 11.8 Å². The van der Waals surface area contributed by atoms with Crippen LogP contribution in [0.15, 0.2) is 59.1 Å². The van der Waals surface area contributed by atoms with Gasteiger partial charge in [-0.25, -0.2) is 0 Å². The third kappa shape index (κ3) is 4.79. The van der Waals surface area contributed by atoms with Crippen LogP contribution in [-0.4, -0.2) is 39.3 Å². The molecule has 3 heterocycles. The van der Waals surface area contributed by atoms with Crippen LogP contribution in [0.1, 0.15) is 59.8 Å². The summed E-state index contributed by atoms with van der Waals surface area (Å²) in [4.78, 5) is 29.0. The Balaban J connectivity index is 1.43. The van der Waals surface area contributed by atoms with Crippen LogP contribution in [0, 0.1) is 0 Å². The molecule has 0 radical (unpaired) electrons. The minimum atomic E-state index is -0.0684. The summed E-state index contributed by atoms with van der Waals surface area (Å²) in [5.41, 5.74) is 3.57. The van der Waals surface area contributed by atoms with Gasteiger partial charge in [0.05, 0.1) is 13.1 Å². The predicted molar refractivity (Wildman–Crippen MR) is 123 cm³/mol. The van der Waals surface area contributed by atoms with Crippen LogP contribution < -0.4 is 0 Å². The number of carbonyl (C=O) groups is 2. The summed E-state index contributed by atoms with van der Waals surface area (Å²) in [6.07, 6.45) is 4.29. The van der Waals surface area contributed by atoms with Gasteiger partial charge in [0.2, 0.25) is 5.91 Å². The zero-order valence-corrected chi connectivity index (χ0v) is 18.9. The number of nitrogens with zero attached hydrogens (tertiary/aromatic N) is 3. The predicted octanol–water partition coefficient (Wildman–Crippen LogP) is 4.48. The lowest BCUT2D eigenvalue weighted by molar-refractivity contribution is -0.131. The van der Waals surface area contributed by atoms with E-state index in [4.69, 9.17) is 4.42 Å². The summed E-state index contributed by atoms with van der Waals surface area (Å²) < 4.78 is 8.02. The van der Waals surface area contributed by atoms with Crippen molar-refractivity contribution < 1.29 is 14.0 Å². The molecule has 0 atom stereocenters. The molecule has 0 bridgehead atoms. The molecule has 32 heavy (non-hydrogen) atoms. The molecule has 1 aliphatic heterocycles. The van der Waals surface area contributed by atoms with Crippen LogP contribution in [0.5, 0.6) is 0 Å². The second-order valence-corrected chi connectivity index (χ2v) is 8.31. The molecule has 2 amide bonds. The highest BCUT2D eigenvalue weighted by molar-refractivity contribution is 5.91. The Morgan fingerprint density at radius 1 is 1.03 bits per heavy atom. The van der Waals surface area contributed by atoms with E-state index in [0.717, 1.165) is 30.8 Å². The highest BCUT2D eigenvalue weighted by atomic mass is 16.4. The van der Waals surface area contributed by atoms with Crippen molar-refractivity contribution in [2.24, 2.45) is 0 Å². The van der Waals surface area contributed by atoms with Gasteiger partial charge in [-0.15, -0.1) is 0 Å². The van der Waals surface area contributed by atoms with Crippen molar-refractivity contribution in [3.8, 4) is 0 Å². The molecule has 4 rings (SSSR count). The first kappa shape index (κ1) is 21.9. The summed E-state index contributed by atoms with van der Waals surface area (Å²) in [7, 11) is 0. The van der Waals surface area contributed by atoms with E-state index in [2.05, 4.69) is 23.6 Å². The fraction of sp³-hybridized carbons (Fsp3) is 0.385. The molecule has 0 aliphatic carbocycles. The van der Waals surface area contributed by atoms with Gasteiger partial charge in [0, 0.05) is 37.9 Å². The molecule has 2 aromatic heterocycles. The van der Waals surface area contributed by atoms with E-state index in [1.165, 1.54) is 11.1 Å². The minimum Gasteiger partial charge on any atom is -0.454 e. The first-order chi connectivity index (χ1) is 15.6. The lowest BCUT2D eigenvalue weighted by Gasteiger charge is -2.28. The number of furan rings is 1. The zero-order chi connectivity index (χ0) is 22.5. The van der Waals surface area contributed by atoms with E-state index in [1.54, 1.807) is 6.07 Å².